The molecule has 142 valence electrons. The van der Waals surface area contributed by atoms with E-state index >= 15 is 0 Å². The molecule has 0 aromatic heterocycles. The molecule has 2 fully saturated rings. The lowest BCUT2D eigenvalue weighted by Crippen LogP contribution is -2.44. The Labute approximate surface area is 157 Å². The lowest BCUT2D eigenvalue weighted by atomic mass is 9.96. The Bertz CT molecular complexity index is 622. The van der Waals surface area contributed by atoms with E-state index in [0.717, 1.165) is 32.0 Å². The first-order valence-corrected chi connectivity index (χ1v) is 10.1. The van der Waals surface area contributed by atoms with Crippen molar-refractivity contribution in [3.05, 3.63) is 35.4 Å². The van der Waals surface area contributed by atoms with Crippen LogP contribution < -0.4 is 10.6 Å². The molecule has 2 aliphatic rings. The number of carbonyl (C=O) groups excluding carboxylic acids is 1. The highest BCUT2D eigenvalue weighted by molar-refractivity contribution is 5.80. The zero-order valence-corrected chi connectivity index (χ0v) is 16.0. The fourth-order valence-corrected chi connectivity index (χ4v) is 3.85. The summed E-state index contributed by atoms with van der Waals surface area (Å²) in [7, 11) is 0. The molecule has 26 heavy (non-hydrogen) atoms. The third-order valence-corrected chi connectivity index (χ3v) is 5.25. The molecule has 5 nitrogen and oxygen atoms in total. The van der Waals surface area contributed by atoms with Crippen LogP contribution in [-0.2, 0) is 17.9 Å². The number of likely N-dealkylation sites (tertiary alicyclic amines) is 1. The van der Waals surface area contributed by atoms with Crippen LogP contribution in [0.2, 0.25) is 0 Å². The molecule has 1 aliphatic heterocycles. The molecular weight excluding hydrogens is 324 g/mol. The Morgan fingerprint density at radius 2 is 2.00 bits per heavy atom. The van der Waals surface area contributed by atoms with E-state index in [4.69, 9.17) is 4.99 Å². The Hall–Kier alpha value is -2.04. The normalized spacial score (nSPS) is 19.0. The molecule has 0 atom stereocenters. The van der Waals surface area contributed by atoms with Crippen LogP contribution in [0, 0.1) is 0 Å². The molecule has 0 spiro atoms. The van der Waals surface area contributed by atoms with Crippen LogP contribution in [0.1, 0.15) is 63.0 Å². The zero-order chi connectivity index (χ0) is 18.2. The number of nitrogens with one attached hydrogen (secondary N) is 2. The van der Waals surface area contributed by atoms with Crippen molar-refractivity contribution in [2.75, 3.05) is 13.1 Å². The van der Waals surface area contributed by atoms with E-state index in [1.165, 1.54) is 43.2 Å². The Balaban J connectivity index is 1.59. The van der Waals surface area contributed by atoms with Gasteiger partial charge in [-0.3, -0.25) is 4.79 Å². The summed E-state index contributed by atoms with van der Waals surface area (Å²) >= 11 is 0. The van der Waals surface area contributed by atoms with Crippen molar-refractivity contribution in [1.82, 2.24) is 15.5 Å². The summed E-state index contributed by atoms with van der Waals surface area (Å²) in [4.78, 5) is 18.6. The molecule has 1 saturated heterocycles. The molecule has 0 radical (unpaired) electrons. The molecule has 1 amide bonds. The van der Waals surface area contributed by atoms with Crippen LogP contribution >= 0.6 is 0 Å². The van der Waals surface area contributed by atoms with Gasteiger partial charge in [-0.15, -0.1) is 0 Å². The molecule has 1 aliphatic carbocycles. The van der Waals surface area contributed by atoms with Crippen LogP contribution in [0.25, 0.3) is 0 Å². The van der Waals surface area contributed by atoms with Gasteiger partial charge in [0.05, 0.1) is 6.54 Å². The van der Waals surface area contributed by atoms with Gasteiger partial charge in [-0.05, 0) is 37.3 Å². The predicted octanol–water partition coefficient (Wildman–Crippen LogP) is 3.20. The van der Waals surface area contributed by atoms with Crippen molar-refractivity contribution in [2.45, 2.75) is 71.0 Å². The van der Waals surface area contributed by atoms with Gasteiger partial charge in [-0.25, -0.2) is 4.99 Å². The van der Waals surface area contributed by atoms with Crippen molar-refractivity contribution in [1.29, 1.82) is 0 Å². The number of rotatable bonds is 6. The zero-order valence-electron chi connectivity index (χ0n) is 16.0. The van der Waals surface area contributed by atoms with Gasteiger partial charge in [0.1, 0.15) is 0 Å². The minimum atomic E-state index is 0.277. The highest BCUT2D eigenvalue weighted by Crippen LogP contribution is 2.18. The minimum absolute atomic E-state index is 0.277. The number of carbonyl (C=O) groups is 1. The summed E-state index contributed by atoms with van der Waals surface area (Å²) in [6.07, 6.45) is 8.15. The van der Waals surface area contributed by atoms with E-state index in [0.29, 0.717) is 19.0 Å². The van der Waals surface area contributed by atoms with Gasteiger partial charge in [0.25, 0.3) is 0 Å². The molecular formula is C21H32N4O. The third kappa shape index (κ3) is 5.48. The van der Waals surface area contributed by atoms with Crippen LogP contribution in [-0.4, -0.2) is 35.9 Å². The predicted molar refractivity (Wildman–Crippen MR) is 106 cm³/mol. The smallest absolute Gasteiger partial charge is 0.222 e. The maximum absolute atomic E-state index is 11.8. The summed E-state index contributed by atoms with van der Waals surface area (Å²) in [6, 6.07) is 9.02. The van der Waals surface area contributed by atoms with Gasteiger partial charge in [0, 0.05) is 32.1 Å². The molecule has 1 aromatic carbocycles. The van der Waals surface area contributed by atoms with Gasteiger partial charge in [-0.1, -0.05) is 43.5 Å². The standard InChI is InChI=1S/C21H32N4O/c1-2-22-21(24-19-10-4-3-5-11-19)23-15-17-8-6-9-18(14-17)16-25-13-7-12-20(25)26/h6,8-9,14,19H,2-5,7,10-13,15-16H2,1H3,(H2,22,23,24). The average Bonchev–Trinajstić information content (AvgIpc) is 3.06. The van der Waals surface area contributed by atoms with E-state index in [9.17, 15) is 4.79 Å². The van der Waals surface area contributed by atoms with E-state index < -0.39 is 0 Å². The fraction of sp³-hybridized carbons (Fsp3) is 0.619. The quantitative estimate of drug-likeness (QED) is 0.608. The lowest BCUT2D eigenvalue weighted by Gasteiger charge is -2.24. The lowest BCUT2D eigenvalue weighted by molar-refractivity contribution is -0.128. The van der Waals surface area contributed by atoms with Gasteiger partial charge in [0.15, 0.2) is 5.96 Å². The summed E-state index contributed by atoms with van der Waals surface area (Å²) in [6.45, 7) is 5.24. The SMILES string of the molecule is CCNC(=NCc1cccc(CN2CCCC2=O)c1)NC1CCCCC1. The topological polar surface area (TPSA) is 56.7 Å². The first-order chi connectivity index (χ1) is 12.7. The van der Waals surface area contributed by atoms with Crippen molar-refractivity contribution < 1.29 is 4.79 Å². The number of nitrogens with zero attached hydrogens (tertiary/aromatic N) is 2. The molecule has 3 rings (SSSR count). The Kier molecular flexibility index (Phi) is 6.92. The number of amides is 1. The number of benzene rings is 1. The molecule has 2 N–H and O–H groups in total. The van der Waals surface area contributed by atoms with Crippen LogP contribution in [0.4, 0.5) is 0 Å². The minimum Gasteiger partial charge on any atom is -0.357 e. The maximum atomic E-state index is 11.8. The van der Waals surface area contributed by atoms with Gasteiger partial charge < -0.3 is 15.5 Å². The highest BCUT2D eigenvalue weighted by atomic mass is 16.2. The van der Waals surface area contributed by atoms with E-state index in [1.54, 1.807) is 0 Å². The number of hydrogen-bond donors (Lipinski definition) is 2. The molecule has 5 heteroatoms. The molecule has 1 heterocycles. The second kappa shape index (κ2) is 9.60. The number of guanidine groups is 1. The van der Waals surface area contributed by atoms with Crippen LogP contribution in [0.15, 0.2) is 29.3 Å². The van der Waals surface area contributed by atoms with Crippen LogP contribution in [0.5, 0.6) is 0 Å². The van der Waals surface area contributed by atoms with E-state index in [2.05, 4.69) is 41.8 Å². The number of aliphatic imine (C=N–C) groups is 1. The van der Waals surface area contributed by atoms with Gasteiger partial charge in [0.2, 0.25) is 5.91 Å². The largest absolute Gasteiger partial charge is 0.357 e. The van der Waals surface area contributed by atoms with E-state index in [1.807, 2.05) is 4.90 Å². The fourth-order valence-electron chi connectivity index (χ4n) is 3.85. The first-order valence-electron chi connectivity index (χ1n) is 10.1. The summed E-state index contributed by atoms with van der Waals surface area (Å²) in [5, 5.41) is 6.96. The number of hydrogen-bond acceptors (Lipinski definition) is 2. The summed E-state index contributed by atoms with van der Waals surface area (Å²) < 4.78 is 0. The van der Waals surface area contributed by atoms with Gasteiger partial charge in [-0.2, -0.15) is 0 Å². The third-order valence-electron chi connectivity index (χ3n) is 5.25. The van der Waals surface area contributed by atoms with Crippen LogP contribution in [0.3, 0.4) is 0 Å². The second-order valence-electron chi connectivity index (χ2n) is 7.41. The molecule has 0 unspecified atom stereocenters. The monoisotopic (exact) mass is 356 g/mol. The van der Waals surface area contributed by atoms with Crippen molar-refractivity contribution >= 4 is 11.9 Å². The highest BCUT2D eigenvalue weighted by Gasteiger charge is 2.20. The molecule has 1 saturated carbocycles. The Morgan fingerprint density at radius 3 is 2.73 bits per heavy atom. The first kappa shape index (κ1) is 18.7. The summed E-state index contributed by atoms with van der Waals surface area (Å²) in [5.41, 5.74) is 2.38. The second-order valence-corrected chi connectivity index (χ2v) is 7.41. The van der Waals surface area contributed by atoms with E-state index in [-0.39, 0.29) is 5.91 Å². The Morgan fingerprint density at radius 1 is 1.19 bits per heavy atom. The van der Waals surface area contributed by atoms with Crippen molar-refractivity contribution in [2.24, 2.45) is 4.99 Å². The van der Waals surface area contributed by atoms with Crippen molar-refractivity contribution in [3.8, 4) is 0 Å². The van der Waals surface area contributed by atoms with Crippen molar-refractivity contribution in [3.63, 3.8) is 0 Å². The molecule has 1 aromatic rings. The van der Waals surface area contributed by atoms with Gasteiger partial charge >= 0.3 is 0 Å². The summed E-state index contributed by atoms with van der Waals surface area (Å²) in [5.74, 6) is 1.19. The average molecular weight is 357 g/mol. The maximum Gasteiger partial charge on any atom is 0.222 e. The molecule has 0 bridgehead atoms.